The van der Waals surface area contributed by atoms with Crippen LogP contribution in [-0.2, 0) is 9.59 Å². The summed E-state index contributed by atoms with van der Waals surface area (Å²) in [6, 6.07) is 8.27. The molecule has 2 amide bonds. The van der Waals surface area contributed by atoms with Crippen LogP contribution in [0.4, 0.5) is 0 Å². The van der Waals surface area contributed by atoms with E-state index in [1.807, 2.05) is 25.7 Å². The van der Waals surface area contributed by atoms with E-state index in [4.69, 9.17) is 4.98 Å². The minimum Gasteiger partial charge on any atom is -0.350 e. The molecule has 6 nitrogen and oxygen atoms in total. The van der Waals surface area contributed by atoms with Crippen LogP contribution < -0.4 is 5.32 Å². The number of hydrogen-bond acceptors (Lipinski definition) is 5. The molecule has 7 heteroatoms. The first-order valence-corrected chi connectivity index (χ1v) is 11.4. The Labute approximate surface area is 183 Å². The minimum absolute atomic E-state index is 0.0332. The number of nitrogens with one attached hydrogen (secondary N) is 1. The number of hydrogen-bond donors (Lipinski definition) is 1. The van der Waals surface area contributed by atoms with Gasteiger partial charge in [0, 0.05) is 37.1 Å². The molecule has 1 aliphatic heterocycles. The van der Waals surface area contributed by atoms with Crippen LogP contribution in [0.2, 0.25) is 0 Å². The number of piperazine rings is 1. The molecular formula is C23H32N4O2S. The average Bonchev–Trinajstić information content (AvgIpc) is 2.66. The number of carbonyl (C=O) groups excluding carboxylic acids is 2. The summed E-state index contributed by atoms with van der Waals surface area (Å²) in [5, 5.41) is 5.04. The monoisotopic (exact) mass is 428 g/mol. The van der Waals surface area contributed by atoms with E-state index in [-0.39, 0.29) is 17.4 Å². The molecule has 3 rings (SSSR count). The first-order valence-electron chi connectivity index (χ1n) is 10.4. The number of benzene rings is 1. The van der Waals surface area contributed by atoms with E-state index < -0.39 is 0 Å². The third-order valence-electron chi connectivity index (χ3n) is 5.17. The van der Waals surface area contributed by atoms with Gasteiger partial charge in [-0.25, -0.2) is 4.98 Å². The van der Waals surface area contributed by atoms with Gasteiger partial charge in [0.15, 0.2) is 0 Å². The number of aryl methyl sites for hydroxylation is 2. The third kappa shape index (κ3) is 5.95. The number of rotatable bonds is 5. The highest BCUT2D eigenvalue weighted by molar-refractivity contribution is 7.99. The van der Waals surface area contributed by atoms with Crippen molar-refractivity contribution in [3.8, 4) is 0 Å². The van der Waals surface area contributed by atoms with Crippen molar-refractivity contribution in [1.82, 2.24) is 20.1 Å². The van der Waals surface area contributed by atoms with Gasteiger partial charge in [-0.05, 0) is 51.8 Å². The van der Waals surface area contributed by atoms with Crippen LogP contribution in [0.1, 0.15) is 31.9 Å². The SMILES string of the molecule is Cc1cc(SCC(=O)N2CCN(CC(=O)NC(C)(C)C)CC2)nc2c(C)cccc12. The number of amides is 2. The van der Waals surface area contributed by atoms with E-state index in [1.165, 1.54) is 17.3 Å². The van der Waals surface area contributed by atoms with E-state index in [0.717, 1.165) is 34.6 Å². The summed E-state index contributed by atoms with van der Waals surface area (Å²) in [5.41, 5.74) is 3.12. The zero-order valence-corrected chi connectivity index (χ0v) is 19.4. The van der Waals surface area contributed by atoms with Crippen LogP contribution in [0.3, 0.4) is 0 Å². The second-order valence-electron chi connectivity index (χ2n) is 8.99. The Hall–Kier alpha value is -2.12. The summed E-state index contributed by atoms with van der Waals surface area (Å²) in [7, 11) is 0. The van der Waals surface area contributed by atoms with E-state index in [9.17, 15) is 9.59 Å². The molecule has 30 heavy (non-hydrogen) atoms. The number of aromatic nitrogens is 1. The largest absolute Gasteiger partial charge is 0.350 e. The lowest BCUT2D eigenvalue weighted by Crippen LogP contribution is -2.53. The molecule has 2 heterocycles. The van der Waals surface area contributed by atoms with Crippen molar-refractivity contribution < 1.29 is 9.59 Å². The van der Waals surface area contributed by atoms with Crippen LogP contribution in [-0.4, -0.2) is 70.6 Å². The fourth-order valence-corrected chi connectivity index (χ4v) is 4.52. The Morgan fingerprint density at radius 2 is 1.80 bits per heavy atom. The van der Waals surface area contributed by atoms with Gasteiger partial charge in [0.25, 0.3) is 0 Å². The molecule has 0 bridgehead atoms. The number of para-hydroxylation sites is 1. The lowest BCUT2D eigenvalue weighted by Gasteiger charge is -2.34. The van der Waals surface area contributed by atoms with E-state index in [1.54, 1.807) is 0 Å². The van der Waals surface area contributed by atoms with Gasteiger partial charge in [-0.1, -0.05) is 30.0 Å². The smallest absolute Gasteiger partial charge is 0.234 e. The molecule has 2 aromatic rings. The van der Waals surface area contributed by atoms with Crippen molar-refractivity contribution in [3.63, 3.8) is 0 Å². The summed E-state index contributed by atoms with van der Waals surface area (Å²) in [6.45, 7) is 13.2. The third-order valence-corrected chi connectivity index (χ3v) is 6.07. The van der Waals surface area contributed by atoms with Gasteiger partial charge in [-0.2, -0.15) is 0 Å². The summed E-state index contributed by atoms with van der Waals surface area (Å²) in [5.74, 6) is 0.544. The molecule has 162 valence electrons. The maximum Gasteiger partial charge on any atom is 0.234 e. The maximum absolute atomic E-state index is 12.7. The Balaban J connectivity index is 1.50. The van der Waals surface area contributed by atoms with Gasteiger partial charge in [-0.15, -0.1) is 0 Å². The summed E-state index contributed by atoms with van der Waals surface area (Å²) in [6.07, 6.45) is 0. The lowest BCUT2D eigenvalue weighted by atomic mass is 10.1. The fourth-order valence-electron chi connectivity index (χ4n) is 3.65. The van der Waals surface area contributed by atoms with Crippen molar-refractivity contribution in [2.75, 3.05) is 38.5 Å². The Kier molecular flexibility index (Phi) is 7.03. The number of pyridine rings is 1. The molecule has 0 radical (unpaired) electrons. The quantitative estimate of drug-likeness (QED) is 0.742. The molecule has 0 spiro atoms. The first kappa shape index (κ1) is 22.6. The molecule has 1 saturated heterocycles. The van der Waals surface area contributed by atoms with E-state index >= 15 is 0 Å². The van der Waals surface area contributed by atoms with Crippen molar-refractivity contribution >= 4 is 34.5 Å². The minimum atomic E-state index is -0.222. The first-order chi connectivity index (χ1) is 14.1. The molecule has 1 aromatic heterocycles. The normalized spacial score (nSPS) is 15.4. The summed E-state index contributed by atoms with van der Waals surface area (Å²) >= 11 is 1.50. The second kappa shape index (κ2) is 9.35. The van der Waals surface area contributed by atoms with Gasteiger partial charge in [0.05, 0.1) is 22.8 Å². The lowest BCUT2D eigenvalue weighted by molar-refractivity contribution is -0.130. The summed E-state index contributed by atoms with van der Waals surface area (Å²) in [4.78, 5) is 33.6. The van der Waals surface area contributed by atoms with Crippen molar-refractivity contribution in [3.05, 3.63) is 35.4 Å². The number of fused-ring (bicyclic) bond motifs is 1. The van der Waals surface area contributed by atoms with E-state index in [2.05, 4.69) is 48.3 Å². The van der Waals surface area contributed by atoms with Crippen LogP contribution in [0.15, 0.2) is 29.3 Å². The maximum atomic E-state index is 12.7. The highest BCUT2D eigenvalue weighted by Gasteiger charge is 2.23. The van der Waals surface area contributed by atoms with Gasteiger partial charge < -0.3 is 10.2 Å². The van der Waals surface area contributed by atoms with Crippen LogP contribution in [0, 0.1) is 13.8 Å². The molecule has 1 aliphatic rings. The molecule has 0 unspecified atom stereocenters. The Bertz CT molecular complexity index is 931. The van der Waals surface area contributed by atoms with Crippen LogP contribution in [0.25, 0.3) is 10.9 Å². The zero-order chi connectivity index (χ0) is 21.9. The summed E-state index contributed by atoms with van der Waals surface area (Å²) < 4.78 is 0. The van der Waals surface area contributed by atoms with Crippen LogP contribution >= 0.6 is 11.8 Å². The van der Waals surface area contributed by atoms with Crippen molar-refractivity contribution in [2.45, 2.75) is 45.2 Å². The van der Waals surface area contributed by atoms with Gasteiger partial charge in [-0.3, -0.25) is 14.5 Å². The Morgan fingerprint density at radius 1 is 1.10 bits per heavy atom. The predicted molar refractivity (Wildman–Crippen MR) is 123 cm³/mol. The van der Waals surface area contributed by atoms with Crippen molar-refractivity contribution in [1.29, 1.82) is 0 Å². The topological polar surface area (TPSA) is 65.5 Å². The molecule has 0 aliphatic carbocycles. The van der Waals surface area contributed by atoms with Gasteiger partial charge >= 0.3 is 0 Å². The highest BCUT2D eigenvalue weighted by Crippen LogP contribution is 2.26. The van der Waals surface area contributed by atoms with E-state index in [0.29, 0.717) is 25.4 Å². The highest BCUT2D eigenvalue weighted by atomic mass is 32.2. The predicted octanol–water partition coefficient (Wildman–Crippen LogP) is 3.00. The fraction of sp³-hybridized carbons (Fsp3) is 0.522. The standard InChI is InChI=1S/C23H32N4O2S/c1-16-7-6-8-18-17(2)13-20(24-22(16)18)30-15-21(29)27-11-9-26(10-12-27)14-19(28)25-23(3,4)5/h6-8,13H,9-12,14-15H2,1-5H3,(H,25,28). The molecule has 0 saturated carbocycles. The molecule has 1 N–H and O–H groups in total. The number of thioether (sulfide) groups is 1. The average molecular weight is 429 g/mol. The molecule has 1 aromatic carbocycles. The van der Waals surface area contributed by atoms with Crippen LogP contribution in [0.5, 0.6) is 0 Å². The number of nitrogens with zero attached hydrogens (tertiary/aromatic N) is 3. The van der Waals surface area contributed by atoms with Gasteiger partial charge in [0.2, 0.25) is 11.8 Å². The molecule has 1 fully saturated rings. The van der Waals surface area contributed by atoms with Gasteiger partial charge in [0.1, 0.15) is 0 Å². The second-order valence-corrected chi connectivity index (χ2v) is 9.99. The molecule has 0 atom stereocenters. The van der Waals surface area contributed by atoms with Crippen molar-refractivity contribution in [2.24, 2.45) is 0 Å². The molecular weight excluding hydrogens is 396 g/mol. The number of carbonyl (C=O) groups is 2. The zero-order valence-electron chi connectivity index (χ0n) is 18.6. The Morgan fingerprint density at radius 3 is 2.47 bits per heavy atom.